The van der Waals surface area contributed by atoms with Crippen molar-refractivity contribution in [2.24, 2.45) is 0 Å². The molecule has 34 heavy (non-hydrogen) atoms. The highest BCUT2D eigenvalue weighted by atomic mass is 79.9. The Balaban J connectivity index is 1.54. The first kappa shape index (κ1) is 25.2. The van der Waals surface area contributed by atoms with Crippen molar-refractivity contribution in [1.29, 1.82) is 0 Å². The molecule has 3 aliphatic rings. The molecule has 3 aromatic carbocycles. The lowest BCUT2D eigenvalue weighted by molar-refractivity contribution is 0.139. The number of hydrogen-bond acceptors (Lipinski definition) is 6. The fraction of sp³-hybridized carbons (Fsp3) is 0.100. The van der Waals surface area contributed by atoms with Crippen LogP contribution in [0.5, 0.6) is 0 Å². The Morgan fingerprint density at radius 3 is 0.853 bits per heavy atom. The molecule has 0 unspecified atom stereocenters. The summed E-state index contributed by atoms with van der Waals surface area (Å²) in [6.07, 6.45) is 0. The van der Waals surface area contributed by atoms with Crippen LogP contribution >= 0.6 is 47.8 Å². The van der Waals surface area contributed by atoms with Crippen LogP contribution < -0.4 is 16.4 Å². The molecule has 2 bridgehead atoms. The van der Waals surface area contributed by atoms with Gasteiger partial charge < -0.3 is 26.1 Å². The highest BCUT2D eigenvalue weighted by molar-refractivity contribution is 9.11. The molecule has 172 valence electrons. The summed E-state index contributed by atoms with van der Waals surface area (Å²) in [7, 11) is -9.02. The van der Waals surface area contributed by atoms with Gasteiger partial charge in [0, 0.05) is 26.5 Å². The van der Waals surface area contributed by atoms with Gasteiger partial charge in [0.05, 0.1) is 0 Å². The molecule has 6 rings (SSSR count). The van der Waals surface area contributed by atoms with E-state index >= 15 is 0 Å². The molecular weight excluding hydrogens is 665 g/mol. The Kier molecular flexibility index (Phi) is 7.47. The third-order valence-electron chi connectivity index (χ3n) is 5.35. The number of hydrogen-bond donors (Lipinski definition) is 0. The number of rotatable bonds is 3. The molecule has 0 spiro atoms. The van der Waals surface area contributed by atoms with Crippen molar-refractivity contribution in [2.75, 3.05) is 0 Å². The molecule has 6 nitrogen and oxygen atoms in total. The molecule has 3 fully saturated rings. The maximum Gasteiger partial charge on any atom is 0.478 e. The zero-order valence-corrected chi connectivity index (χ0v) is 25.0. The molecule has 3 saturated heterocycles. The highest BCUT2D eigenvalue weighted by Gasteiger charge is 2.59. The first-order chi connectivity index (χ1) is 16.2. The van der Waals surface area contributed by atoms with Crippen molar-refractivity contribution < 1.29 is 26.1 Å². The van der Waals surface area contributed by atoms with E-state index < -0.39 is 39.0 Å². The molecule has 0 N–H and O–H groups in total. The lowest BCUT2D eigenvalue weighted by Gasteiger charge is -2.45. The zero-order chi connectivity index (χ0) is 23.9. The second-order valence-corrected chi connectivity index (χ2v) is 15.7. The van der Waals surface area contributed by atoms with Crippen molar-refractivity contribution in [3.05, 3.63) is 86.2 Å². The summed E-state index contributed by atoms with van der Waals surface area (Å²) in [6.45, 7) is 3.67. The third kappa shape index (κ3) is 5.73. The van der Waals surface area contributed by atoms with Gasteiger partial charge in [0.1, 0.15) is 0 Å². The zero-order valence-electron chi connectivity index (χ0n) is 18.2. The van der Waals surface area contributed by atoms with E-state index in [1.807, 2.05) is 85.9 Å². The Labute approximate surface area is 227 Å². The van der Waals surface area contributed by atoms with Crippen LogP contribution in [0.15, 0.2) is 86.2 Å². The number of fused-ring (bicyclic) bond motifs is 6. The van der Waals surface area contributed by atoms with E-state index in [1.165, 1.54) is 0 Å². The van der Waals surface area contributed by atoms with Gasteiger partial charge in [0.25, 0.3) is 0 Å². The molecule has 3 heterocycles. The monoisotopic (exact) mass is 680 g/mol. The summed E-state index contributed by atoms with van der Waals surface area (Å²) in [6, 6.07) is 23.2. The maximum absolute atomic E-state index is 6.50. The maximum atomic E-state index is 6.50. The van der Waals surface area contributed by atoms with Gasteiger partial charge in [-0.2, -0.15) is 0 Å². The summed E-state index contributed by atoms with van der Waals surface area (Å²) in [5, 5.41) is 0. The molecule has 0 aliphatic carbocycles. The first-order valence-corrected chi connectivity index (χ1v) is 17.4. The smallest absolute Gasteiger partial charge is 0.409 e. The van der Waals surface area contributed by atoms with Crippen molar-refractivity contribution in [3.63, 3.8) is 0 Å². The van der Waals surface area contributed by atoms with E-state index in [4.69, 9.17) is 26.1 Å². The van der Waals surface area contributed by atoms with E-state index in [9.17, 15) is 0 Å². The van der Waals surface area contributed by atoms with E-state index in [1.54, 1.807) is 0 Å². The first-order valence-electron chi connectivity index (χ1n) is 10.5. The summed E-state index contributed by atoms with van der Waals surface area (Å²) < 4.78 is 41.9. The van der Waals surface area contributed by atoms with Crippen LogP contribution in [0.1, 0.15) is 0 Å². The standard InChI is InChI=1S/C20H18B3Br3O6Si2/c1-33-27-21(15-3-9-18(24)10-4-15)30-34(2,31-22(28-33)16-5-11-19(25)12-6-16)32-23(29-33)17-7-13-20(26)14-8-17/h3-14H,1-2H3. The van der Waals surface area contributed by atoms with Crippen LogP contribution in [0.4, 0.5) is 0 Å². The van der Waals surface area contributed by atoms with E-state index in [0.717, 1.165) is 29.8 Å². The molecule has 0 amide bonds. The predicted octanol–water partition coefficient (Wildman–Crippen LogP) is 3.72. The molecule has 0 aromatic heterocycles. The second kappa shape index (κ2) is 10.1. The van der Waals surface area contributed by atoms with Crippen molar-refractivity contribution in [2.45, 2.75) is 13.1 Å². The van der Waals surface area contributed by atoms with Gasteiger partial charge in [-0.3, -0.25) is 0 Å². The van der Waals surface area contributed by atoms with E-state index in [-0.39, 0.29) is 0 Å². The number of halogens is 3. The van der Waals surface area contributed by atoms with Gasteiger partial charge in [-0.25, -0.2) is 0 Å². The predicted molar refractivity (Wildman–Crippen MR) is 148 cm³/mol. The molecule has 0 radical (unpaired) electrons. The minimum atomic E-state index is -3.38. The number of benzene rings is 3. The van der Waals surface area contributed by atoms with E-state index in [2.05, 4.69) is 47.8 Å². The second-order valence-electron chi connectivity index (χ2n) is 8.08. The topological polar surface area (TPSA) is 55.4 Å². The SMILES string of the molecule is C[Si]12OB(c3ccc(Br)cc3)O[Si](C)(OB(c3ccc(Br)cc3)O1)OB(c1ccc(Br)cc1)O2. The fourth-order valence-corrected chi connectivity index (χ4v) is 8.53. The van der Waals surface area contributed by atoms with Gasteiger partial charge >= 0.3 is 39.0 Å². The summed E-state index contributed by atoms with van der Waals surface area (Å²) in [5.74, 6) is 0. The lowest BCUT2D eigenvalue weighted by Crippen LogP contribution is -2.72. The fourth-order valence-electron chi connectivity index (χ4n) is 3.67. The van der Waals surface area contributed by atoms with Gasteiger partial charge in [0.2, 0.25) is 0 Å². The van der Waals surface area contributed by atoms with Crippen LogP contribution in [0.2, 0.25) is 13.1 Å². The summed E-state index contributed by atoms with van der Waals surface area (Å²) in [5.41, 5.74) is 2.47. The van der Waals surface area contributed by atoms with Crippen molar-refractivity contribution in [1.82, 2.24) is 0 Å². The molecule has 0 atom stereocenters. The van der Waals surface area contributed by atoms with Crippen LogP contribution in [-0.2, 0) is 26.1 Å². The normalized spacial score (nSPS) is 25.1. The molecule has 0 saturated carbocycles. The average Bonchev–Trinajstić information content (AvgIpc) is 2.77. The van der Waals surface area contributed by atoms with Crippen LogP contribution in [0, 0.1) is 0 Å². The third-order valence-corrected chi connectivity index (χ3v) is 10.8. The highest BCUT2D eigenvalue weighted by Crippen LogP contribution is 2.28. The summed E-state index contributed by atoms with van der Waals surface area (Å²) >= 11 is 10.4. The summed E-state index contributed by atoms with van der Waals surface area (Å²) in [4.78, 5) is 0. The Morgan fingerprint density at radius 1 is 0.441 bits per heavy atom. The van der Waals surface area contributed by atoms with Gasteiger partial charge in [-0.1, -0.05) is 84.2 Å². The van der Waals surface area contributed by atoms with E-state index in [0.29, 0.717) is 0 Å². The van der Waals surface area contributed by atoms with Crippen molar-refractivity contribution >= 4 is 103 Å². The minimum Gasteiger partial charge on any atom is -0.409 e. The van der Waals surface area contributed by atoms with Gasteiger partial charge in [-0.15, -0.1) is 0 Å². The molecular formula is C20H18B3Br3O6Si2. The quantitative estimate of drug-likeness (QED) is 0.393. The molecule has 3 aliphatic heterocycles. The van der Waals surface area contributed by atoms with Crippen LogP contribution in [0.3, 0.4) is 0 Å². The molecule has 3 aromatic rings. The Bertz CT molecular complexity index is 994. The largest absolute Gasteiger partial charge is 0.478 e. The molecule has 14 heteroatoms. The van der Waals surface area contributed by atoms with Crippen molar-refractivity contribution in [3.8, 4) is 0 Å². The lowest BCUT2D eigenvalue weighted by atomic mass is 9.80. The Morgan fingerprint density at radius 2 is 0.647 bits per heavy atom. The van der Waals surface area contributed by atoms with Crippen LogP contribution in [-0.4, -0.2) is 39.0 Å². The Hall–Kier alpha value is -0.511. The van der Waals surface area contributed by atoms with Crippen LogP contribution in [0.25, 0.3) is 0 Å². The van der Waals surface area contributed by atoms with Gasteiger partial charge in [-0.05, 0) is 52.8 Å². The van der Waals surface area contributed by atoms with Gasteiger partial charge in [0.15, 0.2) is 0 Å². The minimum absolute atomic E-state index is 0.752. The average molecular weight is 683 g/mol.